The third kappa shape index (κ3) is 5.80. The fourth-order valence-corrected chi connectivity index (χ4v) is 2.48. The number of carbonyl (C=O) groups excluding carboxylic acids is 1. The molecular formula is C13H23F3N2O. The van der Waals surface area contributed by atoms with Crippen LogP contribution in [-0.2, 0) is 4.79 Å². The molecule has 1 fully saturated rings. The van der Waals surface area contributed by atoms with Crippen molar-refractivity contribution in [2.45, 2.75) is 51.7 Å². The third-order valence-electron chi connectivity index (χ3n) is 3.54. The first-order chi connectivity index (χ1) is 8.83. The summed E-state index contributed by atoms with van der Waals surface area (Å²) in [4.78, 5) is 12.9. The van der Waals surface area contributed by atoms with E-state index < -0.39 is 18.6 Å². The minimum atomic E-state index is -4.32. The van der Waals surface area contributed by atoms with E-state index in [0.717, 1.165) is 24.3 Å². The Morgan fingerprint density at radius 1 is 1.42 bits per heavy atom. The molecule has 3 nitrogen and oxygen atoms in total. The molecule has 2 atom stereocenters. The van der Waals surface area contributed by atoms with Crippen LogP contribution in [0.3, 0.4) is 0 Å². The van der Waals surface area contributed by atoms with Crippen LogP contribution < -0.4 is 5.32 Å². The van der Waals surface area contributed by atoms with Crippen molar-refractivity contribution in [2.75, 3.05) is 19.6 Å². The van der Waals surface area contributed by atoms with Gasteiger partial charge in [0.1, 0.15) is 6.54 Å². The Bertz CT molecular complexity index is 294. The molecule has 6 heteroatoms. The number of nitrogens with zero attached hydrogens (tertiary/aromatic N) is 1. The number of alkyl halides is 3. The Hall–Kier alpha value is -0.780. The minimum absolute atomic E-state index is 0.00818. The summed E-state index contributed by atoms with van der Waals surface area (Å²) >= 11 is 0. The topological polar surface area (TPSA) is 32.3 Å². The molecule has 1 N–H and O–H groups in total. The average molecular weight is 280 g/mol. The Morgan fingerprint density at radius 2 is 2.11 bits per heavy atom. The summed E-state index contributed by atoms with van der Waals surface area (Å²) < 4.78 is 37.3. The molecule has 1 aliphatic heterocycles. The molecule has 1 heterocycles. The number of rotatable bonds is 5. The summed E-state index contributed by atoms with van der Waals surface area (Å²) in [5.41, 5.74) is 0. The van der Waals surface area contributed by atoms with Gasteiger partial charge in [0, 0.05) is 19.0 Å². The Labute approximate surface area is 112 Å². The van der Waals surface area contributed by atoms with Gasteiger partial charge in [-0.15, -0.1) is 0 Å². The summed E-state index contributed by atoms with van der Waals surface area (Å²) in [6.45, 7) is 3.69. The van der Waals surface area contributed by atoms with Crippen LogP contribution in [0.4, 0.5) is 13.2 Å². The van der Waals surface area contributed by atoms with Gasteiger partial charge in [0.05, 0.1) is 0 Å². The molecule has 1 aliphatic rings. The molecular weight excluding hydrogens is 257 g/mol. The Balaban J connectivity index is 2.55. The van der Waals surface area contributed by atoms with Crippen LogP contribution in [0.15, 0.2) is 0 Å². The van der Waals surface area contributed by atoms with Crippen molar-refractivity contribution in [3.05, 3.63) is 0 Å². The van der Waals surface area contributed by atoms with Crippen molar-refractivity contribution < 1.29 is 18.0 Å². The Kier molecular flexibility index (Phi) is 6.10. The fourth-order valence-electron chi connectivity index (χ4n) is 2.48. The molecule has 0 aliphatic carbocycles. The van der Waals surface area contributed by atoms with Gasteiger partial charge in [0.25, 0.3) is 0 Å². The molecule has 1 rings (SSSR count). The second-order valence-electron chi connectivity index (χ2n) is 5.31. The largest absolute Gasteiger partial charge is 0.406 e. The van der Waals surface area contributed by atoms with Crippen molar-refractivity contribution >= 4 is 5.91 Å². The molecule has 0 spiro atoms. The lowest BCUT2D eigenvalue weighted by Crippen LogP contribution is -2.46. The lowest BCUT2D eigenvalue weighted by Gasteiger charge is -2.32. The maximum atomic E-state index is 12.4. The molecule has 1 saturated heterocycles. The van der Waals surface area contributed by atoms with E-state index in [0.29, 0.717) is 12.3 Å². The number of hydrogen-bond acceptors (Lipinski definition) is 2. The smallest absolute Gasteiger partial charge is 0.334 e. The van der Waals surface area contributed by atoms with Crippen molar-refractivity contribution in [2.24, 2.45) is 5.92 Å². The average Bonchev–Trinajstić information content (AvgIpc) is 2.30. The molecule has 112 valence electrons. The second kappa shape index (κ2) is 7.12. The maximum Gasteiger partial charge on any atom is 0.406 e. The predicted octanol–water partition coefficient (Wildman–Crippen LogP) is 2.57. The first-order valence-corrected chi connectivity index (χ1v) is 6.91. The van der Waals surface area contributed by atoms with Crippen LogP contribution in [0.1, 0.15) is 39.5 Å². The van der Waals surface area contributed by atoms with Gasteiger partial charge >= 0.3 is 6.18 Å². The number of amides is 1. The number of halogens is 3. The highest BCUT2D eigenvalue weighted by atomic mass is 19.4. The fraction of sp³-hybridized carbons (Fsp3) is 0.923. The summed E-state index contributed by atoms with van der Waals surface area (Å²) in [5.74, 6) is -0.0579. The van der Waals surface area contributed by atoms with Crippen LogP contribution in [0.2, 0.25) is 0 Å². The maximum absolute atomic E-state index is 12.4. The first kappa shape index (κ1) is 16.3. The predicted molar refractivity (Wildman–Crippen MR) is 67.7 cm³/mol. The summed E-state index contributed by atoms with van der Waals surface area (Å²) in [6, 6.07) is 0.00818. The SMILES string of the molecule is CCCN(CC(F)(F)F)C(=O)CC1NCCCC1C. The lowest BCUT2D eigenvalue weighted by atomic mass is 9.90. The summed E-state index contributed by atoms with van der Waals surface area (Å²) in [6.07, 6.45) is -1.53. The molecule has 0 radical (unpaired) electrons. The van der Waals surface area contributed by atoms with Gasteiger partial charge in [-0.25, -0.2) is 0 Å². The molecule has 0 aromatic carbocycles. The minimum Gasteiger partial charge on any atom is -0.334 e. The van der Waals surface area contributed by atoms with Gasteiger partial charge in [-0.1, -0.05) is 13.8 Å². The number of nitrogens with one attached hydrogen (secondary N) is 1. The molecule has 0 aromatic heterocycles. The van der Waals surface area contributed by atoms with Crippen LogP contribution in [0.25, 0.3) is 0 Å². The van der Waals surface area contributed by atoms with Crippen molar-refractivity contribution in [3.63, 3.8) is 0 Å². The van der Waals surface area contributed by atoms with E-state index in [9.17, 15) is 18.0 Å². The zero-order valence-corrected chi connectivity index (χ0v) is 11.6. The van der Waals surface area contributed by atoms with Crippen LogP contribution >= 0.6 is 0 Å². The van der Waals surface area contributed by atoms with E-state index in [-0.39, 0.29) is 19.0 Å². The van der Waals surface area contributed by atoms with E-state index in [1.54, 1.807) is 6.92 Å². The van der Waals surface area contributed by atoms with Gasteiger partial charge in [0.15, 0.2) is 0 Å². The van der Waals surface area contributed by atoms with Crippen LogP contribution in [0, 0.1) is 5.92 Å². The lowest BCUT2D eigenvalue weighted by molar-refractivity contribution is -0.161. The molecule has 0 aromatic rings. The summed E-state index contributed by atoms with van der Waals surface area (Å²) in [7, 11) is 0. The van der Waals surface area contributed by atoms with E-state index in [2.05, 4.69) is 5.32 Å². The molecule has 19 heavy (non-hydrogen) atoms. The highest BCUT2D eigenvalue weighted by Gasteiger charge is 2.34. The van der Waals surface area contributed by atoms with E-state index >= 15 is 0 Å². The second-order valence-corrected chi connectivity index (χ2v) is 5.31. The first-order valence-electron chi connectivity index (χ1n) is 6.91. The number of carbonyl (C=O) groups is 1. The van der Waals surface area contributed by atoms with Gasteiger partial charge in [-0.2, -0.15) is 13.2 Å². The third-order valence-corrected chi connectivity index (χ3v) is 3.54. The number of hydrogen-bond donors (Lipinski definition) is 1. The van der Waals surface area contributed by atoms with Crippen molar-refractivity contribution in [1.29, 1.82) is 0 Å². The zero-order chi connectivity index (χ0) is 14.5. The molecule has 0 bridgehead atoms. The van der Waals surface area contributed by atoms with Gasteiger partial charge in [-0.05, 0) is 31.7 Å². The monoisotopic (exact) mass is 280 g/mol. The Morgan fingerprint density at radius 3 is 2.63 bits per heavy atom. The molecule has 1 amide bonds. The highest BCUT2D eigenvalue weighted by molar-refractivity contribution is 5.77. The van der Waals surface area contributed by atoms with Crippen LogP contribution in [-0.4, -0.2) is 42.7 Å². The summed E-state index contributed by atoms with van der Waals surface area (Å²) in [5, 5.41) is 3.23. The molecule has 2 unspecified atom stereocenters. The van der Waals surface area contributed by atoms with Gasteiger partial charge in [-0.3, -0.25) is 4.79 Å². The van der Waals surface area contributed by atoms with Crippen LogP contribution in [0.5, 0.6) is 0 Å². The number of piperidine rings is 1. The van der Waals surface area contributed by atoms with Gasteiger partial charge < -0.3 is 10.2 Å². The van der Waals surface area contributed by atoms with Gasteiger partial charge in [0.2, 0.25) is 5.91 Å². The van der Waals surface area contributed by atoms with E-state index in [1.807, 2.05) is 6.92 Å². The normalized spacial score (nSPS) is 24.3. The zero-order valence-electron chi connectivity index (χ0n) is 11.6. The van der Waals surface area contributed by atoms with Crippen molar-refractivity contribution in [1.82, 2.24) is 10.2 Å². The van der Waals surface area contributed by atoms with E-state index in [1.165, 1.54) is 0 Å². The highest BCUT2D eigenvalue weighted by Crippen LogP contribution is 2.21. The quantitative estimate of drug-likeness (QED) is 0.839. The standard InChI is InChI=1S/C13H23F3N2O/c1-3-7-18(9-13(14,15)16)12(19)8-11-10(2)5-4-6-17-11/h10-11,17H,3-9H2,1-2H3. The van der Waals surface area contributed by atoms with Crippen molar-refractivity contribution in [3.8, 4) is 0 Å². The molecule has 0 saturated carbocycles. The van der Waals surface area contributed by atoms with E-state index in [4.69, 9.17) is 0 Å².